The number of hydrogen-bond acceptors (Lipinski definition) is 4. The van der Waals surface area contributed by atoms with E-state index < -0.39 is 33.4 Å². The molecule has 158 valence electrons. The van der Waals surface area contributed by atoms with Gasteiger partial charge in [-0.25, -0.2) is 22.5 Å². The largest absolute Gasteiger partial charge is 0.334 e. The van der Waals surface area contributed by atoms with E-state index in [1.165, 1.54) is 6.33 Å². The highest BCUT2D eigenvalue weighted by Gasteiger charge is 2.29. The minimum Gasteiger partial charge on any atom is -0.334 e. The highest BCUT2D eigenvalue weighted by atomic mass is 32.2. The molecule has 1 aliphatic rings. The number of rotatable bonds is 6. The van der Waals surface area contributed by atoms with Crippen molar-refractivity contribution in [3.8, 4) is 11.1 Å². The quantitative estimate of drug-likeness (QED) is 0.604. The van der Waals surface area contributed by atoms with Gasteiger partial charge in [-0.1, -0.05) is 49.6 Å². The average Bonchev–Trinajstić information content (AvgIpc) is 3.13. The third kappa shape index (κ3) is 3.89. The molecule has 1 heterocycles. The van der Waals surface area contributed by atoms with E-state index in [1.54, 1.807) is 41.9 Å². The van der Waals surface area contributed by atoms with Gasteiger partial charge in [0.1, 0.15) is 11.3 Å². The summed E-state index contributed by atoms with van der Waals surface area (Å²) >= 11 is 0. The smallest absolute Gasteiger partial charge is 0.214 e. The molecule has 4 rings (SSSR count). The fourth-order valence-corrected chi connectivity index (χ4v) is 5.59. The molecule has 1 N–H and O–H groups in total. The molecule has 1 aromatic heterocycles. The number of nitrogens with one attached hydrogen (secondary N) is 1. The minimum atomic E-state index is -3.63. The normalized spacial score (nSPS) is 15.5. The topological polar surface area (TPSA) is 81.1 Å². The van der Waals surface area contributed by atoms with Gasteiger partial charge < -0.3 is 4.57 Å². The first kappa shape index (κ1) is 20.7. The lowest BCUT2D eigenvalue weighted by atomic mass is 9.98. The number of carbonyl (C=O) groups excluding carboxylic acids is 1. The third-order valence-electron chi connectivity index (χ3n) is 5.75. The zero-order valence-corrected chi connectivity index (χ0v) is 17.6. The average molecular weight is 430 g/mol. The Labute approximate surface area is 175 Å². The van der Waals surface area contributed by atoms with Crippen LogP contribution >= 0.6 is 0 Å². The van der Waals surface area contributed by atoms with Crippen LogP contribution in [0.25, 0.3) is 22.2 Å². The molecule has 3 aromatic rings. The van der Waals surface area contributed by atoms with Crippen LogP contribution in [0, 0.1) is 5.82 Å². The van der Waals surface area contributed by atoms with Crippen molar-refractivity contribution in [2.45, 2.75) is 37.4 Å². The van der Waals surface area contributed by atoms with Gasteiger partial charge in [-0.3, -0.25) is 4.79 Å². The second-order valence-corrected chi connectivity index (χ2v) is 9.80. The Kier molecular flexibility index (Phi) is 5.71. The van der Waals surface area contributed by atoms with Crippen LogP contribution < -0.4 is 4.72 Å². The Morgan fingerprint density at radius 1 is 1.20 bits per heavy atom. The molecule has 0 radical (unpaired) electrons. The number of ketones is 1. The molecule has 30 heavy (non-hydrogen) atoms. The summed E-state index contributed by atoms with van der Waals surface area (Å²) in [6, 6.07) is 10.6. The number of imidazole rings is 1. The second-order valence-electron chi connectivity index (χ2n) is 7.75. The maximum Gasteiger partial charge on any atom is 0.214 e. The molecular formula is C22H24FN3O3S. The number of hydrogen-bond donors (Lipinski definition) is 1. The van der Waals surface area contributed by atoms with Crippen LogP contribution in [0.1, 0.15) is 42.5 Å². The Morgan fingerprint density at radius 3 is 2.60 bits per heavy atom. The molecule has 1 saturated carbocycles. The fourth-order valence-electron chi connectivity index (χ4n) is 4.07. The van der Waals surface area contributed by atoms with Gasteiger partial charge in [0.2, 0.25) is 10.0 Å². The first-order valence-electron chi connectivity index (χ1n) is 10.1. The van der Waals surface area contributed by atoms with E-state index in [0.29, 0.717) is 23.9 Å². The van der Waals surface area contributed by atoms with E-state index in [9.17, 15) is 13.2 Å². The summed E-state index contributed by atoms with van der Waals surface area (Å²) in [6.07, 6.45) is 5.45. The Bertz CT molecular complexity index is 1180. The van der Waals surface area contributed by atoms with Gasteiger partial charge in [-0.2, -0.15) is 0 Å². The molecule has 0 bridgehead atoms. The number of aryl methyl sites for hydroxylation is 1. The predicted molar refractivity (Wildman–Crippen MR) is 114 cm³/mol. The molecule has 0 amide bonds. The third-order valence-corrected chi connectivity index (χ3v) is 7.64. The lowest BCUT2D eigenvalue weighted by Gasteiger charge is -2.21. The number of halogens is 1. The van der Waals surface area contributed by atoms with Crippen LogP contribution in [0.5, 0.6) is 0 Å². The van der Waals surface area contributed by atoms with Crippen molar-refractivity contribution in [2.75, 3.05) is 6.54 Å². The summed E-state index contributed by atoms with van der Waals surface area (Å²) in [5.41, 5.74) is 1.57. The van der Waals surface area contributed by atoms with Crippen molar-refractivity contribution in [1.82, 2.24) is 14.3 Å². The van der Waals surface area contributed by atoms with Crippen molar-refractivity contribution in [1.29, 1.82) is 0 Å². The molecule has 0 aliphatic heterocycles. The van der Waals surface area contributed by atoms with E-state index in [1.807, 2.05) is 6.07 Å². The van der Waals surface area contributed by atoms with Crippen molar-refractivity contribution in [3.05, 3.63) is 54.1 Å². The van der Waals surface area contributed by atoms with Gasteiger partial charge in [-0.05, 0) is 24.5 Å². The maximum atomic E-state index is 15.5. The molecule has 0 unspecified atom stereocenters. The monoisotopic (exact) mass is 429 g/mol. The Hall–Kier alpha value is -2.58. The molecule has 6 nitrogen and oxygen atoms in total. The van der Waals surface area contributed by atoms with Gasteiger partial charge in [0.15, 0.2) is 5.78 Å². The molecule has 1 aliphatic carbocycles. The van der Waals surface area contributed by atoms with Crippen molar-refractivity contribution in [3.63, 3.8) is 0 Å². The highest BCUT2D eigenvalue weighted by molar-refractivity contribution is 7.90. The zero-order valence-electron chi connectivity index (χ0n) is 16.8. The van der Waals surface area contributed by atoms with Crippen LogP contribution in [0.3, 0.4) is 0 Å². The highest BCUT2D eigenvalue weighted by Crippen LogP contribution is 2.31. The van der Waals surface area contributed by atoms with E-state index in [0.717, 1.165) is 19.3 Å². The molecule has 0 spiro atoms. The van der Waals surface area contributed by atoms with E-state index in [-0.39, 0.29) is 16.6 Å². The molecular weight excluding hydrogens is 405 g/mol. The molecule has 2 aromatic carbocycles. The van der Waals surface area contributed by atoms with Crippen LogP contribution in [-0.2, 0) is 17.1 Å². The summed E-state index contributed by atoms with van der Waals surface area (Å²) in [5, 5.41) is -0.491. The first-order chi connectivity index (χ1) is 14.4. The number of nitrogens with zero attached hydrogens (tertiary/aromatic N) is 2. The summed E-state index contributed by atoms with van der Waals surface area (Å²) in [4.78, 5) is 17.2. The standard InChI is InChI=1S/C22H24FN3O3S/c1-26-14-24-22-18(26)12-17(15-8-4-2-5-9-15)21(23)20(22)19(27)13-25-30(28,29)16-10-6-3-7-11-16/h2,4-5,8-9,12,14,16,25H,3,6-7,10-11,13H2,1H3. The van der Waals surface area contributed by atoms with Gasteiger partial charge >= 0.3 is 0 Å². The van der Waals surface area contributed by atoms with Crippen molar-refractivity contribution < 1.29 is 17.6 Å². The lowest BCUT2D eigenvalue weighted by molar-refractivity contribution is 0.0994. The van der Waals surface area contributed by atoms with Gasteiger partial charge in [-0.15, -0.1) is 0 Å². The summed E-state index contributed by atoms with van der Waals surface area (Å²) < 4.78 is 44.8. The van der Waals surface area contributed by atoms with E-state index in [2.05, 4.69) is 9.71 Å². The molecule has 8 heteroatoms. The Balaban J connectivity index is 1.69. The van der Waals surface area contributed by atoms with Gasteiger partial charge in [0.25, 0.3) is 0 Å². The van der Waals surface area contributed by atoms with Crippen molar-refractivity contribution in [2.24, 2.45) is 7.05 Å². The summed E-state index contributed by atoms with van der Waals surface area (Å²) in [7, 11) is -1.86. The first-order valence-corrected chi connectivity index (χ1v) is 11.6. The Morgan fingerprint density at radius 2 is 1.90 bits per heavy atom. The van der Waals surface area contributed by atoms with E-state index >= 15 is 4.39 Å². The number of benzene rings is 2. The molecule has 0 atom stereocenters. The number of sulfonamides is 1. The minimum absolute atomic E-state index is 0.182. The number of carbonyl (C=O) groups is 1. The zero-order chi connectivity index (χ0) is 21.3. The fraction of sp³-hybridized carbons (Fsp3) is 0.364. The van der Waals surface area contributed by atoms with Gasteiger partial charge in [0.05, 0.1) is 29.2 Å². The van der Waals surface area contributed by atoms with Crippen LogP contribution in [0.15, 0.2) is 42.7 Å². The SMILES string of the molecule is Cn1cnc2c(C(=O)CNS(=O)(=O)C3CCCCC3)c(F)c(-c3ccccc3)cc21. The van der Waals surface area contributed by atoms with Crippen molar-refractivity contribution >= 4 is 26.8 Å². The second kappa shape index (κ2) is 8.28. The van der Waals surface area contributed by atoms with Gasteiger partial charge in [0, 0.05) is 12.6 Å². The van der Waals surface area contributed by atoms with Crippen LogP contribution in [0.4, 0.5) is 4.39 Å². The van der Waals surface area contributed by atoms with Crippen LogP contribution in [0.2, 0.25) is 0 Å². The summed E-state index contributed by atoms with van der Waals surface area (Å²) in [5.74, 6) is -1.32. The number of Topliss-reactive ketones (excluding diaryl/α,β-unsaturated/α-hetero) is 1. The number of aromatic nitrogens is 2. The van der Waals surface area contributed by atoms with Crippen LogP contribution in [-0.4, -0.2) is 35.5 Å². The molecule has 1 fully saturated rings. The maximum absolute atomic E-state index is 15.5. The number of fused-ring (bicyclic) bond motifs is 1. The predicted octanol–water partition coefficient (Wildman–Crippen LogP) is 3.81. The van der Waals surface area contributed by atoms with E-state index in [4.69, 9.17) is 0 Å². The summed E-state index contributed by atoms with van der Waals surface area (Å²) in [6.45, 7) is -0.486. The lowest BCUT2D eigenvalue weighted by Crippen LogP contribution is -2.38. The molecule has 0 saturated heterocycles.